The van der Waals surface area contributed by atoms with Gasteiger partial charge in [-0.05, 0) is 0 Å². The van der Waals surface area contributed by atoms with Gasteiger partial charge in [0.1, 0.15) is 17.5 Å². The van der Waals surface area contributed by atoms with Crippen LogP contribution in [0, 0.1) is 17.5 Å². The van der Waals surface area contributed by atoms with E-state index in [-0.39, 0.29) is 0 Å². The summed E-state index contributed by atoms with van der Waals surface area (Å²) in [5, 5.41) is 0. The molecule has 6 heteroatoms. The lowest BCUT2D eigenvalue weighted by Crippen LogP contribution is -2.08. The van der Waals surface area contributed by atoms with Crippen LogP contribution >= 0.6 is 34.8 Å². The molecule has 0 aromatic heterocycles. The lowest BCUT2D eigenvalue weighted by atomic mass is 10.2. The summed E-state index contributed by atoms with van der Waals surface area (Å²) in [6.07, 6.45) is 0. The zero-order chi connectivity index (χ0) is 10.2. The monoisotopic (exact) mass is 248 g/mol. The van der Waals surface area contributed by atoms with Crippen LogP contribution in [0.1, 0.15) is 5.56 Å². The summed E-state index contributed by atoms with van der Waals surface area (Å²) in [5.74, 6) is -3.51. The molecule has 0 spiro atoms. The molecule has 0 fully saturated rings. The van der Waals surface area contributed by atoms with Crippen molar-refractivity contribution < 1.29 is 13.2 Å². The number of halogens is 6. The molecule has 0 aliphatic carbocycles. The summed E-state index contributed by atoms with van der Waals surface area (Å²) in [7, 11) is 0. The highest BCUT2D eigenvalue weighted by Crippen LogP contribution is 2.41. The average molecular weight is 249 g/mol. The molecule has 0 radical (unpaired) electrons. The summed E-state index contributed by atoms with van der Waals surface area (Å²) in [5.41, 5.74) is -0.779. The summed E-state index contributed by atoms with van der Waals surface area (Å²) in [4.78, 5) is 0. The van der Waals surface area contributed by atoms with Crippen molar-refractivity contribution in [2.24, 2.45) is 0 Å². The van der Waals surface area contributed by atoms with Crippen molar-refractivity contribution >= 4 is 34.8 Å². The van der Waals surface area contributed by atoms with E-state index in [0.29, 0.717) is 12.1 Å². The molecule has 0 aliphatic rings. The highest BCUT2D eigenvalue weighted by atomic mass is 35.6. The van der Waals surface area contributed by atoms with Crippen LogP contribution < -0.4 is 0 Å². The van der Waals surface area contributed by atoms with Gasteiger partial charge in [-0.3, -0.25) is 0 Å². The second-order valence-electron chi connectivity index (χ2n) is 2.24. The standard InChI is InChI=1S/C7H2Cl3F3/c8-7(9,10)6-4(12)1-3(11)2-5(6)13/h1-2H. The van der Waals surface area contributed by atoms with Gasteiger partial charge in [0.15, 0.2) is 0 Å². The van der Waals surface area contributed by atoms with Crippen LogP contribution in [0.2, 0.25) is 0 Å². The Labute approximate surface area is 87.2 Å². The minimum absolute atomic E-state index is 0.445. The van der Waals surface area contributed by atoms with E-state index in [9.17, 15) is 13.2 Å². The van der Waals surface area contributed by atoms with Gasteiger partial charge >= 0.3 is 0 Å². The second-order valence-corrected chi connectivity index (χ2v) is 4.52. The summed E-state index contributed by atoms with van der Waals surface area (Å²) >= 11 is 15.7. The Morgan fingerprint density at radius 3 is 1.62 bits per heavy atom. The number of rotatable bonds is 0. The SMILES string of the molecule is Fc1cc(F)c(C(Cl)(Cl)Cl)c(F)c1. The Hall–Kier alpha value is -0.120. The highest BCUT2D eigenvalue weighted by molar-refractivity contribution is 6.66. The maximum atomic E-state index is 12.9. The fraction of sp³-hybridized carbons (Fsp3) is 0.143. The molecule has 0 amide bonds. The van der Waals surface area contributed by atoms with Crippen LogP contribution in [0.3, 0.4) is 0 Å². The molecule has 0 N–H and O–H groups in total. The smallest absolute Gasteiger partial charge is 0.207 e. The Kier molecular flexibility index (Phi) is 3.00. The second kappa shape index (κ2) is 3.56. The summed E-state index contributed by atoms with van der Waals surface area (Å²) in [6, 6.07) is 0.889. The first-order valence-corrected chi connectivity index (χ1v) is 4.17. The Morgan fingerprint density at radius 1 is 0.923 bits per heavy atom. The van der Waals surface area contributed by atoms with E-state index in [1.807, 2.05) is 0 Å². The van der Waals surface area contributed by atoms with E-state index in [1.165, 1.54) is 0 Å². The Bertz CT molecular complexity index is 309. The average Bonchev–Trinajstić information content (AvgIpc) is 1.78. The maximum Gasteiger partial charge on any atom is 0.221 e. The molecule has 0 nitrogen and oxygen atoms in total. The van der Waals surface area contributed by atoms with E-state index in [4.69, 9.17) is 34.8 Å². The van der Waals surface area contributed by atoms with Crippen molar-refractivity contribution in [1.29, 1.82) is 0 Å². The number of benzene rings is 1. The lowest BCUT2D eigenvalue weighted by Gasteiger charge is -2.12. The van der Waals surface area contributed by atoms with Crippen LogP contribution in [0.4, 0.5) is 13.2 Å². The molecule has 1 rings (SSSR count). The Morgan fingerprint density at radius 2 is 1.31 bits per heavy atom. The molecule has 0 saturated heterocycles. The zero-order valence-corrected chi connectivity index (χ0v) is 8.19. The van der Waals surface area contributed by atoms with Crippen LogP contribution in [-0.4, -0.2) is 0 Å². The predicted molar refractivity (Wildman–Crippen MR) is 45.6 cm³/mol. The molecule has 1 aromatic rings. The van der Waals surface area contributed by atoms with Gasteiger partial charge < -0.3 is 0 Å². The summed E-state index contributed by atoms with van der Waals surface area (Å²) in [6.45, 7) is 0. The van der Waals surface area contributed by atoms with Crippen LogP contribution in [0.25, 0.3) is 0 Å². The first kappa shape index (κ1) is 11.0. The molecule has 0 bridgehead atoms. The van der Waals surface area contributed by atoms with Gasteiger partial charge in [-0.1, -0.05) is 34.8 Å². The summed E-state index contributed by atoms with van der Waals surface area (Å²) < 4.78 is 35.9. The van der Waals surface area contributed by atoms with Crippen molar-refractivity contribution in [2.75, 3.05) is 0 Å². The van der Waals surface area contributed by atoms with Gasteiger partial charge in [0.2, 0.25) is 3.79 Å². The quantitative estimate of drug-likeness (QED) is 0.611. The number of hydrogen-bond donors (Lipinski definition) is 0. The molecule has 0 heterocycles. The molecular formula is C7H2Cl3F3. The molecule has 72 valence electrons. The first-order chi connectivity index (χ1) is 5.82. The largest absolute Gasteiger partial charge is 0.221 e. The zero-order valence-electron chi connectivity index (χ0n) is 5.92. The minimum atomic E-state index is -2.23. The van der Waals surface area contributed by atoms with E-state index in [1.54, 1.807) is 0 Å². The molecule has 0 unspecified atom stereocenters. The van der Waals surface area contributed by atoms with Gasteiger partial charge in [0.25, 0.3) is 0 Å². The molecular weight excluding hydrogens is 247 g/mol. The maximum absolute atomic E-state index is 12.9. The third kappa shape index (κ3) is 2.42. The molecule has 0 saturated carbocycles. The van der Waals surface area contributed by atoms with Crippen molar-refractivity contribution in [3.63, 3.8) is 0 Å². The van der Waals surface area contributed by atoms with Crippen molar-refractivity contribution in [2.45, 2.75) is 3.79 Å². The fourth-order valence-corrected chi connectivity index (χ4v) is 1.35. The molecule has 1 aromatic carbocycles. The third-order valence-electron chi connectivity index (χ3n) is 1.29. The minimum Gasteiger partial charge on any atom is -0.207 e. The number of alkyl halides is 3. The molecule has 0 atom stereocenters. The molecule has 0 aliphatic heterocycles. The van der Waals surface area contributed by atoms with E-state index in [0.717, 1.165) is 0 Å². The van der Waals surface area contributed by atoms with Gasteiger partial charge in [-0.15, -0.1) is 0 Å². The van der Waals surface area contributed by atoms with Crippen molar-refractivity contribution in [3.05, 3.63) is 35.1 Å². The Balaban J connectivity index is 3.38. The number of hydrogen-bond acceptors (Lipinski definition) is 0. The van der Waals surface area contributed by atoms with Crippen LogP contribution in [-0.2, 0) is 3.79 Å². The van der Waals surface area contributed by atoms with Crippen LogP contribution in [0.15, 0.2) is 12.1 Å². The lowest BCUT2D eigenvalue weighted by molar-refractivity contribution is 0.526. The van der Waals surface area contributed by atoms with Crippen molar-refractivity contribution in [1.82, 2.24) is 0 Å². The van der Waals surface area contributed by atoms with E-state index < -0.39 is 26.8 Å². The van der Waals surface area contributed by atoms with Gasteiger partial charge in [-0.25, -0.2) is 13.2 Å². The van der Waals surface area contributed by atoms with Gasteiger partial charge in [0, 0.05) is 12.1 Å². The topological polar surface area (TPSA) is 0 Å². The predicted octanol–water partition coefficient (Wildman–Crippen LogP) is 3.93. The molecule has 13 heavy (non-hydrogen) atoms. The normalized spacial score (nSPS) is 11.8. The van der Waals surface area contributed by atoms with Gasteiger partial charge in [0.05, 0.1) is 5.56 Å². The fourth-order valence-electron chi connectivity index (χ4n) is 0.813. The van der Waals surface area contributed by atoms with E-state index in [2.05, 4.69) is 0 Å². The van der Waals surface area contributed by atoms with Gasteiger partial charge in [-0.2, -0.15) is 0 Å². The third-order valence-corrected chi connectivity index (χ3v) is 1.86. The van der Waals surface area contributed by atoms with E-state index >= 15 is 0 Å². The first-order valence-electron chi connectivity index (χ1n) is 3.04. The highest BCUT2D eigenvalue weighted by Gasteiger charge is 2.31. The van der Waals surface area contributed by atoms with Crippen LogP contribution in [0.5, 0.6) is 0 Å². The van der Waals surface area contributed by atoms with Crippen molar-refractivity contribution in [3.8, 4) is 0 Å².